The maximum atomic E-state index is 5.88. The van der Waals surface area contributed by atoms with Gasteiger partial charge in [0.2, 0.25) is 0 Å². The smallest absolute Gasteiger partial charge is 0.173 e. The Labute approximate surface area is 206 Å². The Hall–Kier alpha value is -3.01. The van der Waals surface area contributed by atoms with Crippen molar-refractivity contribution in [1.82, 2.24) is 30.0 Å². The Bertz CT molecular complexity index is 1080. The quantitative estimate of drug-likeness (QED) is 0.465. The molecule has 3 heterocycles. The summed E-state index contributed by atoms with van der Waals surface area (Å²) in [6.07, 6.45) is 2.29. The number of aromatic nitrogens is 4. The highest BCUT2D eigenvalue weighted by Crippen LogP contribution is 2.35. The van der Waals surface area contributed by atoms with Crippen LogP contribution in [-0.2, 0) is 17.8 Å². The number of tetrazole rings is 1. The minimum atomic E-state index is -0.0925. The molecule has 0 saturated carbocycles. The maximum absolute atomic E-state index is 5.88. The first kappa shape index (κ1) is 23.7. The SMILES string of the molecule is COc1ccc([C@@H](c2nnnn2C[C@@H]2CCCO2)N2CCN(Cc3ccccc3)CC2)cc1OC. The van der Waals surface area contributed by atoms with Crippen molar-refractivity contribution >= 4 is 0 Å². The molecule has 9 nitrogen and oxygen atoms in total. The fourth-order valence-electron chi connectivity index (χ4n) is 5.09. The van der Waals surface area contributed by atoms with E-state index in [1.54, 1.807) is 14.2 Å². The van der Waals surface area contributed by atoms with Crippen molar-refractivity contribution in [2.75, 3.05) is 47.0 Å². The lowest BCUT2D eigenvalue weighted by molar-refractivity contribution is 0.0841. The van der Waals surface area contributed by atoms with E-state index in [2.05, 4.69) is 61.7 Å². The van der Waals surface area contributed by atoms with Gasteiger partial charge in [-0.2, -0.15) is 0 Å². The van der Waals surface area contributed by atoms with Crippen molar-refractivity contribution in [3.05, 3.63) is 65.5 Å². The molecule has 0 N–H and O–H groups in total. The average molecular weight is 479 g/mol. The zero-order chi connectivity index (χ0) is 24.0. The molecule has 2 fully saturated rings. The zero-order valence-corrected chi connectivity index (χ0v) is 20.5. The molecular weight excluding hydrogens is 444 g/mol. The predicted octanol–water partition coefficient (Wildman–Crippen LogP) is 2.78. The van der Waals surface area contributed by atoms with Crippen molar-refractivity contribution in [3.8, 4) is 11.5 Å². The number of ether oxygens (including phenoxy) is 3. The van der Waals surface area contributed by atoms with Crippen molar-refractivity contribution < 1.29 is 14.2 Å². The normalized spacial score (nSPS) is 20.1. The topological polar surface area (TPSA) is 77.8 Å². The highest BCUT2D eigenvalue weighted by atomic mass is 16.5. The summed E-state index contributed by atoms with van der Waals surface area (Å²) >= 11 is 0. The standard InChI is InChI=1S/C26H34N6O3/c1-33-23-11-10-21(17-24(23)34-2)25(26-27-28-29-32(26)19-22-9-6-16-35-22)31-14-12-30(13-15-31)18-20-7-4-3-5-8-20/h3-5,7-8,10-11,17,22,25H,6,9,12-16,18-19H2,1-2H3/t22-,25-/m0/s1. The molecule has 2 atom stereocenters. The van der Waals surface area contributed by atoms with Crippen LogP contribution in [0.15, 0.2) is 48.5 Å². The minimum absolute atomic E-state index is 0.0925. The van der Waals surface area contributed by atoms with Crippen LogP contribution in [0.2, 0.25) is 0 Å². The molecule has 9 heteroatoms. The van der Waals surface area contributed by atoms with E-state index in [4.69, 9.17) is 14.2 Å². The van der Waals surface area contributed by atoms with Gasteiger partial charge in [-0.15, -0.1) is 5.10 Å². The van der Waals surface area contributed by atoms with Gasteiger partial charge in [0.1, 0.15) is 0 Å². The first-order valence-electron chi connectivity index (χ1n) is 12.3. The highest BCUT2D eigenvalue weighted by molar-refractivity contribution is 5.45. The van der Waals surface area contributed by atoms with Crippen LogP contribution in [0.4, 0.5) is 0 Å². The molecule has 35 heavy (non-hydrogen) atoms. The first-order chi connectivity index (χ1) is 17.2. The molecule has 0 aliphatic carbocycles. The fraction of sp³-hybridized carbons (Fsp3) is 0.500. The summed E-state index contributed by atoms with van der Waals surface area (Å²) in [4.78, 5) is 4.98. The van der Waals surface area contributed by atoms with E-state index < -0.39 is 0 Å². The maximum Gasteiger partial charge on any atom is 0.173 e. The molecular formula is C26H34N6O3. The number of hydrogen-bond donors (Lipinski definition) is 0. The summed E-state index contributed by atoms with van der Waals surface area (Å²) in [5.41, 5.74) is 2.43. The highest BCUT2D eigenvalue weighted by Gasteiger charge is 2.32. The molecule has 5 rings (SSSR count). The second-order valence-corrected chi connectivity index (χ2v) is 9.17. The number of methoxy groups -OCH3 is 2. The zero-order valence-electron chi connectivity index (χ0n) is 20.5. The molecule has 0 unspecified atom stereocenters. The van der Waals surface area contributed by atoms with Crippen LogP contribution < -0.4 is 9.47 Å². The van der Waals surface area contributed by atoms with Crippen LogP contribution in [0.3, 0.4) is 0 Å². The summed E-state index contributed by atoms with van der Waals surface area (Å²) in [6, 6.07) is 16.7. The van der Waals surface area contributed by atoms with Crippen molar-refractivity contribution in [2.24, 2.45) is 0 Å². The predicted molar refractivity (Wildman–Crippen MR) is 131 cm³/mol. The molecule has 1 aromatic heterocycles. The molecule has 2 aliphatic rings. The van der Waals surface area contributed by atoms with Gasteiger partial charge in [-0.3, -0.25) is 9.80 Å². The third-order valence-electron chi connectivity index (χ3n) is 6.95. The largest absolute Gasteiger partial charge is 0.493 e. The van der Waals surface area contributed by atoms with Crippen molar-refractivity contribution in [2.45, 2.75) is 38.1 Å². The molecule has 186 valence electrons. The summed E-state index contributed by atoms with van der Waals surface area (Å²) in [5.74, 6) is 2.25. The lowest BCUT2D eigenvalue weighted by Gasteiger charge is -2.39. The Morgan fingerprint density at radius 3 is 2.51 bits per heavy atom. The van der Waals surface area contributed by atoms with E-state index in [0.717, 1.165) is 63.6 Å². The number of benzene rings is 2. The van der Waals surface area contributed by atoms with E-state index in [9.17, 15) is 0 Å². The van der Waals surface area contributed by atoms with Gasteiger partial charge in [-0.1, -0.05) is 36.4 Å². The molecule has 2 saturated heterocycles. The van der Waals surface area contributed by atoms with Crippen LogP contribution in [0.5, 0.6) is 11.5 Å². The number of hydrogen-bond acceptors (Lipinski definition) is 8. The van der Waals surface area contributed by atoms with E-state index >= 15 is 0 Å². The minimum Gasteiger partial charge on any atom is -0.493 e. The number of piperazine rings is 1. The second-order valence-electron chi connectivity index (χ2n) is 9.17. The van der Waals surface area contributed by atoms with Gasteiger partial charge in [-0.25, -0.2) is 4.68 Å². The Morgan fingerprint density at radius 2 is 1.80 bits per heavy atom. The summed E-state index contributed by atoms with van der Waals surface area (Å²) in [5, 5.41) is 12.9. The first-order valence-corrected chi connectivity index (χ1v) is 12.3. The molecule has 2 aliphatic heterocycles. The molecule has 0 radical (unpaired) electrons. The molecule has 3 aromatic rings. The van der Waals surface area contributed by atoms with Crippen LogP contribution in [0, 0.1) is 0 Å². The van der Waals surface area contributed by atoms with Gasteiger partial charge >= 0.3 is 0 Å². The lowest BCUT2D eigenvalue weighted by Crippen LogP contribution is -2.48. The fourth-order valence-corrected chi connectivity index (χ4v) is 5.09. The van der Waals surface area contributed by atoms with Crippen molar-refractivity contribution in [3.63, 3.8) is 0 Å². The summed E-state index contributed by atoms with van der Waals surface area (Å²) < 4.78 is 18.9. The lowest BCUT2D eigenvalue weighted by atomic mass is 10.0. The van der Waals surface area contributed by atoms with Crippen LogP contribution in [0.25, 0.3) is 0 Å². The van der Waals surface area contributed by atoms with Gasteiger partial charge in [0.25, 0.3) is 0 Å². The molecule has 0 bridgehead atoms. The number of rotatable bonds is 9. The second kappa shape index (κ2) is 11.2. The third kappa shape index (κ3) is 5.47. The van der Waals surface area contributed by atoms with Crippen LogP contribution in [0.1, 0.15) is 35.8 Å². The molecule has 0 amide bonds. The van der Waals surface area contributed by atoms with Gasteiger partial charge < -0.3 is 14.2 Å². The van der Waals surface area contributed by atoms with Gasteiger partial charge in [0.05, 0.1) is 32.9 Å². The Balaban J connectivity index is 1.40. The third-order valence-corrected chi connectivity index (χ3v) is 6.95. The summed E-state index contributed by atoms with van der Waals surface area (Å²) in [7, 11) is 3.32. The van der Waals surface area contributed by atoms with Gasteiger partial charge in [0.15, 0.2) is 17.3 Å². The summed E-state index contributed by atoms with van der Waals surface area (Å²) in [6.45, 7) is 6.23. The van der Waals surface area contributed by atoms with Crippen LogP contribution >= 0.6 is 0 Å². The van der Waals surface area contributed by atoms with E-state index in [1.165, 1.54) is 5.56 Å². The van der Waals surface area contributed by atoms with Crippen molar-refractivity contribution in [1.29, 1.82) is 0 Å². The monoisotopic (exact) mass is 478 g/mol. The van der Waals surface area contributed by atoms with Gasteiger partial charge in [-0.05, 0) is 46.5 Å². The Morgan fingerprint density at radius 1 is 1.00 bits per heavy atom. The molecule has 2 aromatic carbocycles. The van der Waals surface area contributed by atoms with Crippen LogP contribution in [-0.4, -0.2) is 83.1 Å². The average Bonchev–Trinajstić information content (AvgIpc) is 3.59. The van der Waals surface area contributed by atoms with E-state index in [0.29, 0.717) is 18.0 Å². The van der Waals surface area contributed by atoms with E-state index in [1.807, 2.05) is 16.8 Å². The van der Waals surface area contributed by atoms with E-state index in [-0.39, 0.29) is 12.1 Å². The molecule has 0 spiro atoms. The Kier molecular flexibility index (Phi) is 7.56. The van der Waals surface area contributed by atoms with Gasteiger partial charge in [0, 0.05) is 39.3 Å². The number of nitrogens with zero attached hydrogens (tertiary/aromatic N) is 6.